The van der Waals surface area contributed by atoms with Gasteiger partial charge >= 0.3 is 0 Å². The van der Waals surface area contributed by atoms with Crippen LogP contribution < -0.4 is 4.74 Å². The Hall–Kier alpha value is -0.870. The monoisotopic (exact) mass is 203 g/mol. The molecule has 0 aliphatic carbocycles. The predicted molar refractivity (Wildman–Crippen MR) is 44.4 cm³/mol. The molecule has 0 N–H and O–H groups in total. The Morgan fingerprint density at radius 2 is 2.31 bits per heavy atom. The zero-order chi connectivity index (χ0) is 9.26. The van der Waals surface area contributed by atoms with Crippen molar-refractivity contribution in [1.29, 1.82) is 0 Å². The van der Waals surface area contributed by atoms with Crippen molar-refractivity contribution in [2.24, 2.45) is 0 Å². The molecule has 0 atom stereocenters. The summed E-state index contributed by atoms with van der Waals surface area (Å²) < 4.78 is 23.1. The van der Waals surface area contributed by atoms with E-state index >= 15 is 0 Å². The molecule has 0 spiro atoms. The first-order chi connectivity index (χ1) is 6.25. The zero-order valence-corrected chi connectivity index (χ0v) is 7.42. The minimum Gasteiger partial charge on any atom is -0.481 e. The SMILES string of the molecule is Fc1nc(Cl)ccc1OC1COC1. The molecule has 13 heavy (non-hydrogen) atoms. The van der Waals surface area contributed by atoms with Gasteiger partial charge in [-0.15, -0.1) is 0 Å². The number of rotatable bonds is 2. The quantitative estimate of drug-likeness (QED) is 0.685. The van der Waals surface area contributed by atoms with E-state index in [2.05, 4.69) is 4.98 Å². The highest BCUT2D eigenvalue weighted by Gasteiger charge is 2.21. The van der Waals surface area contributed by atoms with E-state index in [4.69, 9.17) is 21.1 Å². The summed E-state index contributed by atoms with van der Waals surface area (Å²) in [7, 11) is 0. The lowest BCUT2D eigenvalue weighted by molar-refractivity contribution is -0.0811. The van der Waals surface area contributed by atoms with Crippen LogP contribution in [0.5, 0.6) is 5.75 Å². The average molecular weight is 204 g/mol. The largest absolute Gasteiger partial charge is 0.481 e. The molecule has 1 aromatic rings. The van der Waals surface area contributed by atoms with Gasteiger partial charge in [0.1, 0.15) is 11.3 Å². The van der Waals surface area contributed by atoms with Crippen LogP contribution in [0.1, 0.15) is 0 Å². The van der Waals surface area contributed by atoms with Gasteiger partial charge in [-0.25, -0.2) is 4.98 Å². The molecule has 1 aromatic heterocycles. The highest BCUT2D eigenvalue weighted by atomic mass is 35.5. The number of ether oxygens (including phenoxy) is 2. The summed E-state index contributed by atoms with van der Waals surface area (Å²) in [5.74, 6) is -0.558. The molecule has 1 aliphatic rings. The Kier molecular flexibility index (Phi) is 2.33. The Labute approximate surface area is 79.4 Å². The number of pyridine rings is 1. The summed E-state index contributed by atoms with van der Waals surface area (Å²) in [6.07, 6.45) is -0.0579. The Morgan fingerprint density at radius 1 is 1.54 bits per heavy atom. The van der Waals surface area contributed by atoms with Crippen molar-refractivity contribution in [1.82, 2.24) is 4.98 Å². The van der Waals surface area contributed by atoms with Crippen molar-refractivity contribution in [3.63, 3.8) is 0 Å². The van der Waals surface area contributed by atoms with Crippen molar-refractivity contribution in [3.05, 3.63) is 23.2 Å². The molecule has 5 heteroatoms. The first-order valence-corrected chi connectivity index (χ1v) is 4.20. The maximum absolute atomic E-state index is 13.0. The smallest absolute Gasteiger partial charge is 0.256 e. The third kappa shape index (κ3) is 1.89. The van der Waals surface area contributed by atoms with E-state index in [9.17, 15) is 4.39 Å². The van der Waals surface area contributed by atoms with Crippen LogP contribution in [0.2, 0.25) is 5.15 Å². The summed E-state index contributed by atoms with van der Waals surface area (Å²) in [6.45, 7) is 1.00. The third-order valence-electron chi connectivity index (χ3n) is 1.68. The molecular formula is C8H7ClFNO2. The Morgan fingerprint density at radius 3 is 2.85 bits per heavy atom. The van der Waals surface area contributed by atoms with Crippen LogP contribution in [0.3, 0.4) is 0 Å². The molecule has 2 heterocycles. The average Bonchev–Trinajstić information content (AvgIpc) is 1.99. The first kappa shape index (κ1) is 8.72. The summed E-state index contributed by atoms with van der Waals surface area (Å²) in [4.78, 5) is 3.42. The summed E-state index contributed by atoms with van der Waals surface area (Å²) in [6, 6.07) is 2.95. The lowest BCUT2D eigenvalue weighted by Crippen LogP contribution is -2.38. The minimum atomic E-state index is -0.681. The van der Waals surface area contributed by atoms with E-state index in [0.717, 1.165) is 0 Å². The second kappa shape index (κ2) is 3.47. The van der Waals surface area contributed by atoms with Crippen LogP contribution in [0.4, 0.5) is 4.39 Å². The van der Waals surface area contributed by atoms with E-state index in [0.29, 0.717) is 13.2 Å². The molecule has 0 bridgehead atoms. The van der Waals surface area contributed by atoms with Gasteiger partial charge in [0.05, 0.1) is 13.2 Å². The number of hydrogen-bond acceptors (Lipinski definition) is 3. The van der Waals surface area contributed by atoms with Gasteiger partial charge in [-0.3, -0.25) is 0 Å². The van der Waals surface area contributed by atoms with E-state index in [-0.39, 0.29) is 17.0 Å². The van der Waals surface area contributed by atoms with Gasteiger partial charge in [0.15, 0.2) is 5.75 Å². The number of hydrogen-bond donors (Lipinski definition) is 0. The molecule has 3 nitrogen and oxygen atoms in total. The van der Waals surface area contributed by atoms with Gasteiger partial charge in [-0.2, -0.15) is 4.39 Å². The molecule has 2 rings (SSSR count). The molecule has 0 radical (unpaired) electrons. The van der Waals surface area contributed by atoms with Crippen LogP contribution in [-0.4, -0.2) is 24.3 Å². The van der Waals surface area contributed by atoms with Gasteiger partial charge in [0, 0.05) is 0 Å². The number of halogens is 2. The van der Waals surface area contributed by atoms with E-state index in [1.807, 2.05) is 0 Å². The molecule has 0 unspecified atom stereocenters. The van der Waals surface area contributed by atoms with Gasteiger partial charge in [0.25, 0.3) is 5.95 Å². The second-order valence-corrected chi connectivity index (χ2v) is 3.09. The first-order valence-electron chi connectivity index (χ1n) is 3.82. The minimum absolute atomic E-state index is 0.0579. The topological polar surface area (TPSA) is 31.4 Å². The maximum atomic E-state index is 13.0. The summed E-state index contributed by atoms with van der Waals surface area (Å²) >= 11 is 5.47. The van der Waals surface area contributed by atoms with Crippen LogP contribution in [0, 0.1) is 5.95 Å². The van der Waals surface area contributed by atoms with E-state index in [1.165, 1.54) is 12.1 Å². The van der Waals surface area contributed by atoms with E-state index in [1.54, 1.807) is 0 Å². The lowest BCUT2D eigenvalue weighted by Gasteiger charge is -2.26. The standard InChI is InChI=1S/C8H7ClFNO2/c9-7-2-1-6(8(10)11-7)13-5-3-12-4-5/h1-2,5H,3-4H2. The van der Waals surface area contributed by atoms with Crippen LogP contribution in [-0.2, 0) is 4.74 Å². The third-order valence-corrected chi connectivity index (χ3v) is 1.89. The molecule has 1 fully saturated rings. The number of aromatic nitrogens is 1. The summed E-state index contributed by atoms with van der Waals surface area (Å²) in [5.41, 5.74) is 0. The normalized spacial score (nSPS) is 16.8. The van der Waals surface area contributed by atoms with Crippen molar-refractivity contribution in [2.45, 2.75) is 6.10 Å². The van der Waals surface area contributed by atoms with Crippen molar-refractivity contribution >= 4 is 11.6 Å². The van der Waals surface area contributed by atoms with Crippen LogP contribution in [0.25, 0.3) is 0 Å². The van der Waals surface area contributed by atoms with Crippen LogP contribution >= 0.6 is 11.6 Å². The molecule has 0 saturated carbocycles. The fourth-order valence-electron chi connectivity index (χ4n) is 0.949. The number of nitrogens with zero attached hydrogens (tertiary/aromatic N) is 1. The van der Waals surface area contributed by atoms with Crippen molar-refractivity contribution < 1.29 is 13.9 Å². The fraction of sp³-hybridized carbons (Fsp3) is 0.375. The molecule has 1 aliphatic heterocycles. The highest BCUT2D eigenvalue weighted by Crippen LogP contribution is 2.20. The van der Waals surface area contributed by atoms with Gasteiger partial charge < -0.3 is 9.47 Å². The zero-order valence-electron chi connectivity index (χ0n) is 6.67. The maximum Gasteiger partial charge on any atom is 0.256 e. The molecule has 0 amide bonds. The predicted octanol–water partition coefficient (Wildman–Crippen LogP) is 1.65. The molecule has 0 aromatic carbocycles. The second-order valence-electron chi connectivity index (χ2n) is 2.70. The Bertz CT molecular complexity index is 317. The summed E-state index contributed by atoms with van der Waals surface area (Å²) in [5, 5.41) is 0.120. The van der Waals surface area contributed by atoms with Gasteiger partial charge in [0.2, 0.25) is 0 Å². The molecule has 1 saturated heterocycles. The van der Waals surface area contributed by atoms with E-state index < -0.39 is 5.95 Å². The molecular weight excluding hydrogens is 197 g/mol. The Balaban J connectivity index is 2.10. The van der Waals surface area contributed by atoms with Crippen molar-refractivity contribution in [3.8, 4) is 5.75 Å². The fourth-order valence-corrected chi connectivity index (χ4v) is 1.09. The lowest BCUT2D eigenvalue weighted by atomic mass is 10.3. The molecule has 70 valence electrons. The highest BCUT2D eigenvalue weighted by molar-refractivity contribution is 6.29. The van der Waals surface area contributed by atoms with Crippen LogP contribution in [0.15, 0.2) is 12.1 Å². The van der Waals surface area contributed by atoms with Gasteiger partial charge in [-0.1, -0.05) is 11.6 Å². The van der Waals surface area contributed by atoms with Crippen molar-refractivity contribution in [2.75, 3.05) is 13.2 Å². The van der Waals surface area contributed by atoms with Gasteiger partial charge in [-0.05, 0) is 12.1 Å².